The van der Waals surface area contributed by atoms with Crippen molar-refractivity contribution in [1.29, 1.82) is 0 Å². The van der Waals surface area contributed by atoms with Gasteiger partial charge in [-0.2, -0.15) is 30.8 Å². The third kappa shape index (κ3) is 3.47. The molecule has 0 fully saturated rings. The van der Waals surface area contributed by atoms with Gasteiger partial charge >= 0.3 is 0 Å². The van der Waals surface area contributed by atoms with E-state index in [9.17, 15) is 0 Å². The van der Waals surface area contributed by atoms with Crippen molar-refractivity contribution >= 4 is 13.3 Å². The number of nitrogens with zero attached hydrogens (tertiary/aromatic N) is 4. The summed E-state index contributed by atoms with van der Waals surface area (Å²) in [6.07, 6.45) is 3.62. The van der Waals surface area contributed by atoms with Gasteiger partial charge in [-0.3, -0.25) is 0 Å². The highest BCUT2D eigenvalue weighted by Crippen LogP contribution is 2.20. The van der Waals surface area contributed by atoms with Gasteiger partial charge < -0.3 is 0 Å². The maximum Gasteiger partial charge on any atom is 0.0956 e. The number of hydrogen-bond acceptors (Lipinski definition) is 4. The first-order valence-corrected chi connectivity index (χ1v) is 11.5. The topological polar surface area (TPSA) is 83.1 Å². The van der Waals surface area contributed by atoms with Crippen LogP contribution in [0.1, 0.15) is 11.4 Å². The van der Waals surface area contributed by atoms with Gasteiger partial charge in [-0.05, 0) is 23.2 Å². The van der Waals surface area contributed by atoms with Crippen LogP contribution in [0, 0.1) is 0 Å². The van der Waals surface area contributed by atoms with Crippen LogP contribution < -0.4 is 5.19 Å². The smallest absolute Gasteiger partial charge is 0.0956 e. The predicted molar refractivity (Wildman–Crippen MR) is 103 cm³/mol. The van der Waals surface area contributed by atoms with Gasteiger partial charge in [-0.15, -0.1) is 0 Å². The minimum absolute atomic E-state index is 0.904. The molecule has 2 aromatic heterocycles. The van der Waals surface area contributed by atoms with E-state index in [-0.39, 0.29) is 0 Å². The lowest BCUT2D eigenvalue weighted by atomic mass is 10.1. The molecule has 4 aromatic rings. The summed E-state index contributed by atoms with van der Waals surface area (Å²) in [5.41, 5.74) is 4.45. The molecular formula is C19H20N6Si. The molecule has 0 saturated heterocycles. The number of aromatic nitrogens is 6. The Balaban J connectivity index is 1.66. The van der Waals surface area contributed by atoms with Gasteiger partial charge in [0.05, 0.1) is 31.9 Å². The van der Waals surface area contributed by atoms with Gasteiger partial charge in [0.1, 0.15) is 0 Å². The largest absolute Gasteiger partial charge is 0.198 e. The van der Waals surface area contributed by atoms with Gasteiger partial charge in [0, 0.05) is 0 Å². The highest BCUT2D eigenvalue weighted by molar-refractivity contribution is 6.89. The molecule has 26 heavy (non-hydrogen) atoms. The monoisotopic (exact) mass is 360 g/mol. The molecule has 7 heteroatoms. The van der Waals surface area contributed by atoms with Gasteiger partial charge in [-0.1, -0.05) is 66.3 Å². The average molecular weight is 360 g/mol. The fraction of sp³-hybridized carbons (Fsp3) is 0.158. The van der Waals surface area contributed by atoms with E-state index in [0.29, 0.717) is 0 Å². The first kappa shape index (κ1) is 16.4. The minimum Gasteiger partial charge on any atom is -0.198 e. The molecule has 0 aliphatic heterocycles. The molecular weight excluding hydrogens is 340 g/mol. The van der Waals surface area contributed by atoms with E-state index in [2.05, 4.69) is 85.9 Å². The lowest BCUT2D eigenvalue weighted by Crippen LogP contribution is -2.50. The van der Waals surface area contributed by atoms with Crippen LogP contribution in [0.5, 0.6) is 0 Å². The molecule has 6 nitrogen and oxygen atoms in total. The molecule has 2 aromatic carbocycles. The van der Waals surface area contributed by atoms with Crippen molar-refractivity contribution in [2.45, 2.75) is 18.6 Å². The fourth-order valence-corrected chi connectivity index (χ4v) is 6.83. The number of aromatic amines is 2. The van der Waals surface area contributed by atoms with Crippen LogP contribution in [-0.4, -0.2) is 38.9 Å². The first-order chi connectivity index (χ1) is 12.7. The second-order valence-electron chi connectivity index (χ2n) is 6.78. The Morgan fingerprint density at radius 1 is 0.731 bits per heavy atom. The summed E-state index contributed by atoms with van der Waals surface area (Å²) < 4.78 is 0. The Labute approximate surface area is 152 Å². The standard InChI is InChI=1S/C19H20N6Si/c1-26(13-17-11-20-24-22-17,14-18-12-21-25-23-18)19-9-7-16(8-10-19)15-5-3-2-4-6-15/h2-12H,13-14H2,1H3,(H,20,22,24)(H,21,23,25). The van der Waals surface area contributed by atoms with Crippen LogP contribution in [0.25, 0.3) is 11.1 Å². The maximum absolute atomic E-state index is 4.28. The summed E-state index contributed by atoms with van der Waals surface area (Å²) in [5.74, 6) is 0. The van der Waals surface area contributed by atoms with E-state index >= 15 is 0 Å². The molecule has 0 aliphatic carbocycles. The van der Waals surface area contributed by atoms with E-state index in [1.165, 1.54) is 16.3 Å². The zero-order chi connectivity index (χ0) is 17.8. The molecule has 0 radical (unpaired) electrons. The van der Waals surface area contributed by atoms with E-state index in [1.807, 2.05) is 18.5 Å². The van der Waals surface area contributed by atoms with Crippen LogP contribution in [0.3, 0.4) is 0 Å². The second-order valence-corrected chi connectivity index (χ2v) is 11.2. The number of hydrogen-bond donors (Lipinski definition) is 2. The Bertz CT molecular complexity index is 897. The number of rotatable bonds is 6. The Morgan fingerprint density at radius 3 is 1.77 bits per heavy atom. The van der Waals surface area contributed by atoms with E-state index in [0.717, 1.165) is 23.5 Å². The summed E-state index contributed by atoms with van der Waals surface area (Å²) in [7, 11) is -1.90. The Hall–Kier alpha value is -3.06. The lowest BCUT2D eigenvalue weighted by Gasteiger charge is -2.26. The van der Waals surface area contributed by atoms with Gasteiger partial charge in [0.15, 0.2) is 0 Å². The number of H-pyrrole nitrogens is 2. The minimum atomic E-state index is -1.90. The van der Waals surface area contributed by atoms with Crippen LogP contribution >= 0.6 is 0 Å². The molecule has 0 atom stereocenters. The third-order valence-electron chi connectivity index (χ3n) is 4.76. The lowest BCUT2D eigenvalue weighted by molar-refractivity contribution is 0.915. The summed E-state index contributed by atoms with van der Waals surface area (Å²) in [6, 6.07) is 21.2. The molecule has 0 spiro atoms. The molecule has 2 N–H and O–H groups in total. The van der Waals surface area contributed by atoms with E-state index in [4.69, 9.17) is 0 Å². The molecule has 0 unspecified atom stereocenters. The highest BCUT2D eigenvalue weighted by atomic mass is 28.3. The van der Waals surface area contributed by atoms with E-state index in [1.54, 1.807) is 0 Å². The summed E-state index contributed by atoms with van der Waals surface area (Å²) in [4.78, 5) is 0. The fourth-order valence-electron chi connectivity index (χ4n) is 3.38. The first-order valence-electron chi connectivity index (χ1n) is 8.58. The maximum atomic E-state index is 4.28. The average Bonchev–Trinajstić information content (AvgIpc) is 3.37. The molecule has 2 heterocycles. The number of benzene rings is 2. The normalized spacial score (nSPS) is 11.6. The van der Waals surface area contributed by atoms with Crippen molar-refractivity contribution in [2.24, 2.45) is 0 Å². The molecule has 0 aliphatic rings. The quantitative estimate of drug-likeness (QED) is 0.517. The van der Waals surface area contributed by atoms with Crippen molar-refractivity contribution in [2.75, 3.05) is 0 Å². The van der Waals surface area contributed by atoms with Crippen molar-refractivity contribution in [3.8, 4) is 11.1 Å². The Kier molecular flexibility index (Phi) is 4.45. The molecule has 0 saturated carbocycles. The van der Waals surface area contributed by atoms with Gasteiger partial charge in [-0.25, -0.2) is 0 Å². The van der Waals surface area contributed by atoms with Crippen molar-refractivity contribution in [3.63, 3.8) is 0 Å². The third-order valence-corrected chi connectivity index (χ3v) is 8.77. The van der Waals surface area contributed by atoms with Crippen LogP contribution in [-0.2, 0) is 12.1 Å². The molecule has 4 rings (SSSR count). The molecule has 0 bridgehead atoms. The summed E-state index contributed by atoms with van der Waals surface area (Å²) in [5, 5.41) is 23.3. The van der Waals surface area contributed by atoms with Gasteiger partial charge in [0.25, 0.3) is 0 Å². The van der Waals surface area contributed by atoms with Gasteiger partial charge in [0.2, 0.25) is 0 Å². The molecule has 130 valence electrons. The van der Waals surface area contributed by atoms with Crippen molar-refractivity contribution in [1.82, 2.24) is 30.8 Å². The van der Waals surface area contributed by atoms with Crippen LogP contribution in [0.4, 0.5) is 0 Å². The van der Waals surface area contributed by atoms with Crippen LogP contribution in [0.15, 0.2) is 67.0 Å². The van der Waals surface area contributed by atoms with Crippen LogP contribution in [0.2, 0.25) is 6.55 Å². The molecule has 0 amide bonds. The Morgan fingerprint density at radius 2 is 1.27 bits per heavy atom. The summed E-state index contributed by atoms with van der Waals surface area (Å²) >= 11 is 0. The number of nitrogens with one attached hydrogen (secondary N) is 2. The van der Waals surface area contributed by atoms with E-state index < -0.39 is 8.07 Å². The second kappa shape index (κ2) is 7.05. The predicted octanol–water partition coefficient (Wildman–Crippen LogP) is 2.44. The zero-order valence-electron chi connectivity index (χ0n) is 14.6. The van der Waals surface area contributed by atoms with Crippen molar-refractivity contribution in [3.05, 3.63) is 78.4 Å². The van der Waals surface area contributed by atoms with Crippen molar-refractivity contribution < 1.29 is 0 Å². The SMILES string of the molecule is C[Si](Cc1cn[nH]n1)(Cc1cn[nH]n1)c1ccc(-c2ccccc2)cc1. The summed E-state index contributed by atoms with van der Waals surface area (Å²) in [6.45, 7) is 2.37. The zero-order valence-corrected chi connectivity index (χ0v) is 15.6. The highest BCUT2D eigenvalue weighted by Gasteiger charge is 2.32.